The normalized spacial score (nSPS) is 17.1. The average Bonchev–Trinajstić information content (AvgIpc) is 3.22. The van der Waals surface area contributed by atoms with Crippen LogP contribution < -0.4 is 9.47 Å². The van der Waals surface area contributed by atoms with E-state index in [-0.39, 0.29) is 45.8 Å². The molecule has 0 saturated heterocycles. The Morgan fingerprint density at radius 1 is 1.19 bits per heavy atom. The van der Waals surface area contributed by atoms with E-state index in [4.69, 9.17) is 25.8 Å². The topological polar surface area (TPSA) is 84.7 Å². The number of aromatic nitrogens is 3. The van der Waals surface area contributed by atoms with Crippen molar-refractivity contribution in [3.63, 3.8) is 0 Å². The van der Waals surface area contributed by atoms with Crippen molar-refractivity contribution < 1.29 is 45.7 Å². The second-order valence-electron chi connectivity index (χ2n) is 7.69. The number of fused-ring (bicyclic) bond motifs is 3. The molecule has 4 rings (SSSR count). The fraction of sp³-hybridized carbons (Fsp3) is 0.348. The number of carbonyl (C=O) groups excluding carboxylic acids is 1. The maximum Gasteiger partial charge on any atom is 0.452 e. The maximum absolute atomic E-state index is 13.9. The molecule has 8 nitrogen and oxygen atoms in total. The molecule has 0 spiro atoms. The lowest BCUT2D eigenvalue weighted by atomic mass is 9.98. The van der Waals surface area contributed by atoms with Gasteiger partial charge in [0.2, 0.25) is 5.82 Å². The van der Waals surface area contributed by atoms with Gasteiger partial charge in [0.15, 0.2) is 17.3 Å². The lowest BCUT2D eigenvalue weighted by Crippen LogP contribution is -2.18. The van der Waals surface area contributed by atoms with Crippen molar-refractivity contribution >= 4 is 17.6 Å². The first-order valence-electron chi connectivity index (χ1n) is 10.8. The second-order valence-corrected chi connectivity index (χ2v) is 8.13. The van der Waals surface area contributed by atoms with Crippen LogP contribution in [-0.4, -0.2) is 41.1 Å². The summed E-state index contributed by atoms with van der Waals surface area (Å²) in [5.41, 5.74) is 0.193. The highest BCUT2D eigenvalue weighted by Gasteiger charge is 2.44. The van der Waals surface area contributed by atoms with Gasteiger partial charge in [0.05, 0.1) is 25.8 Å². The third-order valence-electron chi connectivity index (χ3n) is 5.41. The number of nitrogens with zero attached hydrogens (tertiary/aromatic N) is 3. The summed E-state index contributed by atoms with van der Waals surface area (Å²) in [6, 6.07) is 8.12. The van der Waals surface area contributed by atoms with Crippen LogP contribution >= 0.6 is 11.6 Å². The van der Waals surface area contributed by atoms with Crippen LogP contribution in [0, 0.1) is 0 Å². The van der Waals surface area contributed by atoms with Crippen LogP contribution in [0.15, 0.2) is 36.4 Å². The van der Waals surface area contributed by atoms with E-state index in [2.05, 4.69) is 14.9 Å². The number of ether oxygens (including phenoxy) is 4. The number of para-hydroxylation sites is 1. The summed E-state index contributed by atoms with van der Waals surface area (Å²) in [6.07, 6.45) is -8.08. The molecule has 0 unspecified atom stereocenters. The number of halogens is 6. The number of esters is 1. The molecule has 2 atom stereocenters. The Labute approximate surface area is 211 Å². The highest BCUT2D eigenvalue weighted by Crippen LogP contribution is 2.47. The molecule has 0 fully saturated rings. The lowest BCUT2D eigenvalue weighted by Gasteiger charge is -2.25. The van der Waals surface area contributed by atoms with Crippen molar-refractivity contribution in [1.29, 1.82) is 0 Å². The minimum atomic E-state index is -4.92. The highest BCUT2D eigenvalue weighted by atomic mass is 35.5. The summed E-state index contributed by atoms with van der Waals surface area (Å²) >= 11 is 6.20. The van der Waals surface area contributed by atoms with Gasteiger partial charge in [0, 0.05) is 16.1 Å². The Morgan fingerprint density at radius 3 is 2.59 bits per heavy atom. The fourth-order valence-electron chi connectivity index (χ4n) is 4.06. The molecule has 198 valence electrons. The van der Waals surface area contributed by atoms with Gasteiger partial charge in [-0.15, -0.1) is 10.2 Å². The van der Waals surface area contributed by atoms with Gasteiger partial charge >= 0.3 is 18.8 Å². The van der Waals surface area contributed by atoms with Gasteiger partial charge in [-0.2, -0.15) is 22.0 Å². The molecule has 1 aromatic heterocycles. The number of rotatable bonds is 7. The van der Waals surface area contributed by atoms with E-state index in [0.717, 1.165) is 4.57 Å². The highest BCUT2D eigenvalue weighted by molar-refractivity contribution is 6.30. The van der Waals surface area contributed by atoms with E-state index >= 15 is 0 Å². The van der Waals surface area contributed by atoms with Gasteiger partial charge in [0.25, 0.3) is 0 Å². The van der Waals surface area contributed by atoms with Gasteiger partial charge in [-0.3, -0.25) is 9.36 Å². The zero-order valence-electron chi connectivity index (χ0n) is 19.3. The minimum absolute atomic E-state index is 0.0200. The third-order valence-corrected chi connectivity index (χ3v) is 5.65. The number of alkyl halides is 5. The number of carbonyl (C=O) groups is 1. The van der Waals surface area contributed by atoms with Crippen molar-refractivity contribution in [2.75, 3.05) is 13.7 Å². The molecule has 1 aliphatic heterocycles. The SMILES string of the molecule is CCOC(=O)C[C@H]1O[C@H](c2cccc(OC(F)F)c2OC)c2cc(Cl)ccc2-n2c1nnc2C(F)(F)F. The van der Waals surface area contributed by atoms with Crippen molar-refractivity contribution in [3.8, 4) is 17.2 Å². The van der Waals surface area contributed by atoms with Crippen LogP contribution in [0.2, 0.25) is 5.02 Å². The summed E-state index contributed by atoms with van der Waals surface area (Å²) < 4.78 is 89.7. The molecule has 2 aromatic carbocycles. The summed E-state index contributed by atoms with van der Waals surface area (Å²) in [4.78, 5) is 12.4. The Morgan fingerprint density at radius 2 is 1.95 bits per heavy atom. The van der Waals surface area contributed by atoms with E-state index in [1.165, 1.54) is 43.5 Å². The average molecular weight is 548 g/mol. The standard InChI is InChI=1S/C23H19ClF5N3O5/c1-3-35-17(33)10-16-20-30-31-21(23(27,28)29)32(20)14-8-7-11(24)9-13(14)18(36-16)12-5-4-6-15(19(12)34-2)37-22(25)26/h4-9,16,18,22H,3,10H2,1-2H3/t16-,18-/m1/s1. The molecule has 0 aliphatic carbocycles. The van der Waals surface area contributed by atoms with Gasteiger partial charge in [-0.25, -0.2) is 0 Å². The zero-order chi connectivity index (χ0) is 26.9. The van der Waals surface area contributed by atoms with Crippen molar-refractivity contribution in [3.05, 3.63) is 64.2 Å². The lowest BCUT2D eigenvalue weighted by molar-refractivity contribution is -0.147. The number of hydrogen-bond acceptors (Lipinski definition) is 7. The molecule has 3 aromatic rings. The molecule has 0 N–H and O–H groups in total. The van der Waals surface area contributed by atoms with Crippen molar-refractivity contribution in [1.82, 2.24) is 14.8 Å². The zero-order valence-corrected chi connectivity index (χ0v) is 20.0. The molecule has 37 heavy (non-hydrogen) atoms. The molecule has 0 bridgehead atoms. The van der Waals surface area contributed by atoms with Crippen LogP contribution in [0.5, 0.6) is 11.5 Å². The molecule has 0 saturated carbocycles. The molecule has 0 amide bonds. The predicted molar refractivity (Wildman–Crippen MR) is 118 cm³/mol. The van der Waals surface area contributed by atoms with E-state index in [0.29, 0.717) is 0 Å². The van der Waals surface area contributed by atoms with E-state index in [1.54, 1.807) is 6.92 Å². The third kappa shape index (κ3) is 5.32. The quantitative estimate of drug-likeness (QED) is 0.279. The first-order chi connectivity index (χ1) is 17.5. The Hall–Kier alpha value is -3.45. The Balaban J connectivity index is 1.98. The smallest absolute Gasteiger partial charge is 0.452 e. The van der Waals surface area contributed by atoms with Gasteiger partial charge < -0.3 is 18.9 Å². The molecular weight excluding hydrogens is 529 g/mol. The van der Waals surface area contributed by atoms with Gasteiger partial charge in [0.1, 0.15) is 12.2 Å². The Bertz CT molecular complexity index is 1300. The number of hydrogen-bond donors (Lipinski definition) is 0. The molecule has 2 heterocycles. The maximum atomic E-state index is 13.9. The van der Waals surface area contributed by atoms with Crippen LogP contribution in [0.1, 0.15) is 48.3 Å². The fourth-order valence-corrected chi connectivity index (χ4v) is 4.24. The second kappa shape index (κ2) is 10.5. The Kier molecular flexibility index (Phi) is 7.55. The van der Waals surface area contributed by atoms with Crippen LogP contribution in [0.25, 0.3) is 5.69 Å². The first kappa shape index (κ1) is 26.6. The van der Waals surface area contributed by atoms with Gasteiger partial charge in [-0.05, 0) is 31.2 Å². The van der Waals surface area contributed by atoms with E-state index < -0.39 is 43.2 Å². The first-order valence-corrected chi connectivity index (χ1v) is 11.2. The van der Waals surface area contributed by atoms with Crippen molar-refractivity contribution in [2.24, 2.45) is 0 Å². The summed E-state index contributed by atoms with van der Waals surface area (Å²) in [6.45, 7) is -1.59. The van der Waals surface area contributed by atoms with Gasteiger partial charge in [-0.1, -0.05) is 23.7 Å². The monoisotopic (exact) mass is 547 g/mol. The summed E-state index contributed by atoms with van der Waals surface area (Å²) in [7, 11) is 1.21. The van der Waals surface area contributed by atoms with Crippen LogP contribution in [-0.2, 0) is 20.4 Å². The summed E-state index contributed by atoms with van der Waals surface area (Å²) in [5, 5.41) is 7.16. The summed E-state index contributed by atoms with van der Waals surface area (Å²) in [5.74, 6) is -2.91. The predicted octanol–water partition coefficient (Wildman–Crippen LogP) is 5.66. The number of methoxy groups -OCH3 is 1. The van der Waals surface area contributed by atoms with Crippen LogP contribution in [0.3, 0.4) is 0 Å². The largest absolute Gasteiger partial charge is 0.492 e. The van der Waals surface area contributed by atoms with E-state index in [9.17, 15) is 26.7 Å². The molecular formula is C23H19ClF5N3O5. The van der Waals surface area contributed by atoms with Crippen molar-refractivity contribution in [2.45, 2.75) is 38.3 Å². The minimum Gasteiger partial charge on any atom is -0.492 e. The number of benzene rings is 2. The molecule has 1 aliphatic rings. The van der Waals surface area contributed by atoms with E-state index in [1.807, 2.05) is 0 Å². The van der Waals surface area contributed by atoms with Crippen LogP contribution in [0.4, 0.5) is 22.0 Å². The molecule has 0 radical (unpaired) electrons. The molecule has 14 heteroatoms.